The molecule has 0 saturated heterocycles. The molecule has 3 heterocycles. The summed E-state index contributed by atoms with van der Waals surface area (Å²) in [5.41, 5.74) is 3.36. The van der Waals surface area contributed by atoms with Crippen LogP contribution in [0.25, 0.3) is 0 Å². The van der Waals surface area contributed by atoms with Crippen molar-refractivity contribution in [3.05, 3.63) is 76.2 Å². The summed E-state index contributed by atoms with van der Waals surface area (Å²) in [5.74, 6) is 0. The number of nitrogens with one attached hydrogen (secondary N) is 1. The van der Waals surface area contributed by atoms with E-state index in [-0.39, 0.29) is 17.5 Å². The maximum absolute atomic E-state index is 13.1. The second-order valence-corrected chi connectivity index (χ2v) is 8.97. The molecule has 140 valence electrons. The third kappa shape index (κ3) is 3.52. The molecule has 0 saturated carbocycles. The van der Waals surface area contributed by atoms with Crippen LogP contribution in [0.5, 0.6) is 0 Å². The van der Waals surface area contributed by atoms with Gasteiger partial charge < -0.3 is 14.8 Å². The fourth-order valence-electron chi connectivity index (χ4n) is 3.60. The fourth-order valence-corrected chi connectivity index (χ4v) is 4.45. The molecule has 1 aliphatic rings. The van der Waals surface area contributed by atoms with Crippen molar-refractivity contribution in [2.75, 3.05) is 11.9 Å². The summed E-state index contributed by atoms with van der Waals surface area (Å²) in [6.07, 6.45) is 2.09. The normalized spacial score (nSPS) is 16.9. The molecule has 3 aromatic rings. The van der Waals surface area contributed by atoms with Crippen LogP contribution in [-0.2, 0) is 12.0 Å². The molecule has 4 nitrogen and oxygen atoms in total. The molecule has 0 radical (unpaired) electrons. The lowest BCUT2D eigenvalue weighted by Gasteiger charge is -2.36. The van der Waals surface area contributed by atoms with E-state index in [1.807, 2.05) is 23.1 Å². The lowest BCUT2D eigenvalue weighted by Crippen LogP contribution is -2.44. The SMILES string of the molecule is CC(C)(C)c1ccc(NC(=O)N2CCn3cccc3C2c2cccs2)cc1. The number of nitrogens with zero attached hydrogens (tertiary/aromatic N) is 2. The number of rotatable bonds is 2. The molecular formula is C22H25N3OS. The zero-order valence-corrected chi connectivity index (χ0v) is 16.8. The van der Waals surface area contributed by atoms with Crippen LogP contribution in [0.15, 0.2) is 60.1 Å². The first-order valence-electron chi connectivity index (χ1n) is 9.30. The van der Waals surface area contributed by atoms with Gasteiger partial charge in [-0.2, -0.15) is 0 Å². The summed E-state index contributed by atoms with van der Waals surface area (Å²) in [4.78, 5) is 16.2. The molecule has 0 bridgehead atoms. The number of carbonyl (C=O) groups is 1. The lowest BCUT2D eigenvalue weighted by atomic mass is 9.87. The van der Waals surface area contributed by atoms with Crippen LogP contribution in [0.3, 0.4) is 0 Å². The standard InChI is InChI=1S/C22H25N3OS/c1-22(2,3)16-8-10-17(11-9-16)23-21(26)25-14-13-24-12-4-6-18(24)20(25)19-7-5-15-27-19/h4-12,15,20H,13-14H2,1-3H3,(H,23,26). The van der Waals surface area contributed by atoms with E-state index in [2.05, 4.69) is 72.6 Å². The predicted molar refractivity (Wildman–Crippen MR) is 111 cm³/mol. The van der Waals surface area contributed by atoms with Gasteiger partial charge in [0.25, 0.3) is 0 Å². The molecule has 1 unspecified atom stereocenters. The van der Waals surface area contributed by atoms with Crippen molar-refractivity contribution in [1.29, 1.82) is 0 Å². The minimum Gasteiger partial charge on any atom is -0.347 e. The summed E-state index contributed by atoms with van der Waals surface area (Å²) >= 11 is 1.69. The van der Waals surface area contributed by atoms with Gasteiger partial charge >= 0.3 is 6.03 Å². The Morgan fingerprint density at radius 3 is 2.52 bits per heavy atom. The Morgan fingerprint density at radius 2 is 1.85 bits per heavy atom. The van der Waals surface area contributed by atoms with Crippen molar-refractivity contribution in [3.8, 4) is 0 Å². The molecule has 2 amide bonds. The molecular weight excluding hydrogens is 354 g/mol. The third-order valence-corrected chi connectivity index (χ3v) is 6.04. The van der Waals surface area contributed by atoms with E-state index in [9.17, 15) is 4.79 Å². The monoisotopic (exact) mass is 379 g/mol. The molecule has 1 aliphatic heterocycles. The second-order valence-electron chi connectivity index (χ2n) is 8.00. The smallest absolute Gasteiger partial charge is 0.322 e. The van der Waals surface area contributed by atoms with Crippen LogP contribution in [0.2, 0.25) is 0 Å². The number of hydrogen-bond donors (Lipinski definition) is 1. The van der Waals surface area contributed by atoms with Crippen molar-refractivity contribution in [3.63, 3.8) is 0 Å². The van der Waals surface area contributed by atoms with Gasteiger partial charge in [-0.15, -0.1) is 11.3 Å². The third-order valence-electron chi connectivity index (χ3n) is 5.11. The van der Waals surface area contributed by atoms with Crippen molar-refractivity contribution in [1.82, 2.24) is 9.47 Å². The van der Waals surface area contributed by atoms with Crippen LogP contribution in [0.1, 0.15) is 42.9 Å². The van der Waals surface area contributed by atoms with E-state index in [4.69, 9.17) is 0 Å². The van der Waals surface area contributed by atoms with Gasteiger partial charge in [0.15, 0.2) is 0 Å². The number of aromatic nitrogens is 1. The number of urea groups is 1. The molecule has 4 rings (SSSR count). The predicted octanol–water partition coefficient (Wildman–Crippen LogP) is 5.48. The van der Waals surface area contributed by atoms with Gasteiger partial charge in [0.1, 0.15) is 6.04 Å². The average Bonchev–Trinajstić information content (AvgIpc) is 3.32. The van der Waals surface area contributed by atoms with Gasteiger partial charge in [-0.05, 0) is 46.7 Å². The Balaban J connectivity index is 1.57. The van der Waals surface area contributed by atoms with E-state index in [0.29, 0.717) is 6.54 Å². The van der Waals surface area contributed by atoms with Crippen LogP contribution in [0, 0.1) is 0 Å². The van der Waals surface area contributed by atoms with Crippen LogP contribution in [0.4, 0.5) is 10.5 Å². The van der Waals surface area contributed by atoms with Crippen molar-refractivity contribution in [2.45, 2.75) is 38.8 Å². The van der Waals surface area contributed by atoms with E-state index < -0.39 is 0 Å². The number of hydrogen-bond acceptors (Lipinski definition) is 2. The quantitative estimate of drug-likeness (QED) is 0.628. The Labute approximate surface area is 164 Å². The molecule has 2 aromatic heterocycles. The summed E-state index contributed by atoms with van der Waals surface area (Å²) in [5, 5.41) is 5.16. The Bertz CT molecular complexity index is 919. The fraction of sp³-hybridized carbons (Fsp3) is 0.318. The molecule has 0 spiro atoms. The van der Waals surface area contributed by atoms with Gasteiger partial charge in [-0.3, -0.25) is 0 Å². The van der Waals surface area contributed by atoms with Gasteiger partial charge in [-0.1, -0.05) is 39.0 Å². The highest BCUT2D eigenvalue weighted by Crippen LogP contribution is 2.35. The molecule has 5 heteroatoms. The Kier molecular flexibility index (Phi) is 4.56. The molecule has 27 heavy (non-hydrogen) atoms. The van der Waals surface area contributed by atoms with Crippen LogP contribution >= 0.6 is 11.3 Å². The highest BCUT2D eigenvalue weighted by Gasteiger charge is 2.32. The molecule has 0 aliphatic carbocycles. The molecule has 1 atom stereocenters. The van der Waals surface area contributed by atoms with Crippen molar-refractivity contribution < 1.29 is 4.79 Å². The van der Waals surface area contributed by atoms with Gasteiger partial charge in [0.05, 0.1) is 0 Å². The number of benzene rings is 1. The van der Waals surface area contributed by atoms with Crippen LogP contribution in [-0.4, -0.2) is 22.0 Å². The van der Waals surface area contributed by atoms with E-state index >= 15 is 0 Å². The van der Waals surface area contributed by atoms with Gasteiger partial charge in [0.2, 0.25) is 0 Å². The molecule has 1 aromatic carbocycles. The largest absolute Gasteiger partial charge is 0.347 e. The van der Waals surface area contributed by atoms with Crippen LogP contribution < -0.4 is 5.32 Å². The Morgan fingerprint density at radius 1 is 1.07 bits per heavy atom. The van der Waals surface area contributed by atoms with Crippen molar-refractivity contribution >= 4 is 23.1 Å². The van der Waals surface area contributed by atoms with Gasteiger partial charge in [0, 0.05) is 35.5 Å². The number of thiophene rings is 1. The zero-order valence-electron chi connectivity index (χ0n) is 16.0. The first-order valence-corrected chi connectivity index (χ1v) is 10.2. The van der Waals surface area contributed by atoms with E-state index in [0.717, 1.165) is 12.2 Å². The van der Waals surface area contributed by atoms with E-state index in [1.54, 1.807) is 11.3 Å². The Hall–Kier alpha value is -2.53. The number of fused-ring (bicyclic) bond motifs is 1. The first kappa shape index (κ1) is 17.9. The lowest BCUT2D eigenvalue weighted by molar-refractivity contribution is 0.183. The summed E-state index contributed by atoms with van der Waals surface area (Å²) in [7, 11) is 0. The minimum atomic E-state index is -0.0515. The highest BCUT2D eigenvalue weighted by molar-refractivity contribution is 7.10. The minimum absolute atomic E-state index is 0.0393. The number of anilines is 1. The van der Waals surface area contributed by atoms with Crippen molar-refractivity contribution in [2.24, 2.45) is 0 Å². The molecule has 0 fully saturated rings. The zero-order chi connectivity index (χ0) is 19.0. The molecule has 1 N–H and O–H groups in total. The van der Waals surface area contributed by atoms with E-state index in [1.165, 1.54) is 16.1 Å². The number of amides is 2. The number of carbonyl (C=O) groups excluding carboxylic acids is 1. The summed E-state index contributed by atoms with van der Waals surface area (Å²) in [6.45, 7) is 8.08. The second kappa shape index (κ2) is 6.89. The topological polar surface area (TPSA) is 37.3 Å². The maximum atomic E-state index is 13.1. The average molecular weight is 380 g/mol. The first-order chi connectivity index (χ1) is 12.9. The van der Waals surface area contributed by atoms with Gasteiger partial charge in [-0.25, -0.2) is 4.79 Å². The summed E-state index contributed by atoms with van der Waals surface area (Å²) < 4.78 is 2.24. The maximum Gasteiger partial charge on any atom is 0.322 e. The highest BCUT2D eigenvalue weighted by atomic mass is 32.1. The summed E-state index contributed by atoms with van der Waals surface area (Å²) in [6, 6.07) is 16.4.